The molecule has 2 heterocycles. The third kappa shape index (κ3) is 7.28. The molecule has 4 rings (SSSR count). The van der Waals surface area contributed by atoms with E-state index in [4.69, 9.17) is 33.7 Å². The van der Waals surface area contributed by atoms with E-state index in [1.807, 2.05) is 32.8 Å². The minimum absolute atomic E-state index is 0.0279. The molecule has 13 heteroatoms. The van der Waals surface area contributed by atoms with E-state index in [0.717, 1.165) is 6.07 Å². The van der Waals surface area contributed by atoms with Gasteiger partial charge in [0.05, 0.1) is 41.5 Å². The Bertz CT molecular complexity index is 1420. The Morgan fingerprint density at radius 3 is 2.74 bits per heavy atom. The lowest BCUT2D eigenvalue weighted by Gasteiger charge is -2.34. The van der Waals surface area contributed by atoms with Crippen molar-refractivity contribution in [2.75, 3.05) is 39.1 Å². The van der Waals surface area contributed by atoms with Crippen LogP contribution in [0.25, 0.3) is 0 Å². The zero-order valence-electron chi connectivity index (χ0n) is 23.9. The summed E-state index contributed by atoms with van der Waals surface area (Å²) in [6, 6.07) is 9.06. The number of likely N-dealkylation sites (N-methyl/N-ethyl adjacent to an activating group) is 1. The fourth-order valence-corrected chi connectivity index (χ4v) is 5.69. The van der Waals surface area contributed by atoms with Crippen LogP contribution in [0.4, 0.5) is 14.6 Å². The van der Waals surface area contributed by atoms with Crippen LogP contribution < -0.4 is 16.4 Å². The molecular formula is C29H36Cl2F2N6O3. The highest BCUT2D eigenvalue weighted by Gasteiger charge is 2.52. The maximum atomic E-state index is 15.4. The lowest BCUT2D eigenvalue weighted by atomic mass is 9.74. The van der Waals surface area contributed by atoms with Crippen molar-refractivity contribution >= 4 is 34.9 Å². The first kappa shape index (κ1) is 32.3. The molecule has 0 bridgehead atoms. The molecule has 1 saturated heterocycles. The largest absolute Gasteiger partial charge is 0.389 e. The van der Waals surface area contributed by atoms with Gasteiger partial charge >= 0.3 is 0 Å². The highest BCUT2D eigenvalue weighted by Crippen LogP contribution is 2.44. The lowest BCUT2D eigenvalue weighted by Crippen LogP contribution is -2.46. The maximum Gasteiger partial charge on any atom is 0.243 e. The minimum Gasteiger partial charge on any atom is -0.389 e. The van der Waals surface area contributed by atoms with Gasteiger partial charge in [0.1, 0.15) is 11.6 Å². The SMILES string of the molecule is CN(C)C[C@H](O)COC(C)(C)Cn1ccc(NC(=O)[C@@H]2NC[C@](N)(c3ccc(Cl)cc3F)[C@H]2c2cccc(Cl)c2F)n1. The Labute approximate surface area is 253 Å². The van der Waals surface area contributed by atoms with Crippen molar-refractivity contribution in [2.45, 2.75) is 49.6 Å². The zero-order chi connectivity index (χ0) is 30.8. The Hall–Kier alpha value is -2.64. The summed E-state index contributed by atoms with van der Waals surface area (Å²) < 4.78 is 38.0. The number of rotatable bonds is 11. The van der Waals surface area contributed by atoms with Gasteiger partial charge in [-0.15, -0.1) is 0 Å². The number of anilines is 1. The average Bonchev–Trinajstić information content (AvgIpc) is 3.47. The molecule has 1 aromatic heterocycles. The van der Waals surface area contributed by atoms with Crippen LogP contribution >= 0.6 is 23.2 Å². The molecule has 4 atom stereocenters. The summed E-state index contributed by atoms with van der Waals surface area (Å²) in [5, 5.41) is 20.4. The molecule has 2 aromatic carbocycles. The quantitative estimate of drug-likeness (QED) is 0.257. The van der Waals surface area contributed by atoms with Crippen LogP contribution in [0.15, 0.2) is 48.7 Å². The molecule has 0 unspecified atom stereocenters. The van der Waals surface area contributed by atoms with Crippen LogP contribution in [0, 0.1) is 11.6 Å². The molecule has 0 spiro atoms. The van der Waals surface area contributed by atoms with Crippen molar-refractivity contribution in [1.82, 2.24) is 20.0 Å². The number of hydrogen-bond acceptors (Lipinski definition) is 7. The number of nitrogens with one attached hydrogen (secondary N) is 2. The molecule has 0 aliphatic carbocycles. The van der Waals surface area contributed by atoms with Crippen LogP contribution in [0.1, 0.15) is 30.9 Å². The molecule has 1 aliphatic rings. The van der Waals surface area contributed by atoms with Gasteiger partial charge < -0.3 is 31.1 Å². The number of ether oxygens (including phenoxy) is 1. The second kappa shape index (κ2) is 12.9. The highest BCUT2D eigenvalue weighted by atomic mass is 35.5. The number of amides is 1. The van der Waals surface area contributed by atoms with E-state index in [1.54, 1.807) is 23.0 Å². The van der Waals surface area contributed by atoms with Crippen molar-refractivity contribution in [2.24, 2.45) is 5.73 Å². The minimum atomic E-state index is -1.51. The number of carbonyl (C=O) groups is 1. The van der Waals surface area contributed by atoms with E-state index in [-0.39, 0.29) is 40.1 Å². The van der Waals surface area contributed by atoms with E-state index >= 15 is 8.78 Å². The van der Waals surface area contributed by atoms with E-state index in [2.05, 4.69) is 15.7 Å². The predicted octanol–water partition coefficient (Wildman–Crippen LogP) is 3.73. The summed E-state index contributed by atoms with van der Waals surface area (Å²) in [5.41, 5.74) is 4.79. The summed E-state index contributed by atoms with van der Waals surface area (Å²) in [6.07, 6.45) is 1.04. The fraction of sp³-hybridized carbons (Fsp3) is 0.448. The number of nitrogens with two attached hydrogens (primary N) is 1. The second-order valence-corrected chi connectivity index (χ2v) is 12.4. The van der Waals surface area contributed by atoms with E-state index in [9.17, 15) is 9.90 Å². The fourth-order valence-electron chi connectivity index (χ4n) is 5.35. The number of aliphatic hydroxyl groups excluding tert-OH is 1. The van der Waals surface area contributed by atoms with Gasteiger partial charge in [0.25, 0.3) is 0 Å². The molecule has 9 nitrogen and oxygen atoms in total. The lowest BCUT2D eigenvalue weighted by molar-refractivity contribution is -0.118. The summed E-state index contributed by atoms with van der Waals surface area (Å²) in [6.45, 7) is 4.69. The van der Waals surface area contributed by atoms with Crippen molar-refractivity contribution < 1.29 is 23.4 Å². The number of aliphatic hydroxyl groups is 1. The smallest absolute Gasteiger partial charge is 0.243 e. The standard InChI is InChI=1S/C29H36Cl2F2N6O3/c1-28(2,42-14-18(40)13-38(3)4)16-39-11-10-23(37-39)36-27(41)26-24(19-6-5-7-21(31)25(19)33)29(34,15-35-26)20-9-8-17(30)12-22(20)32/h5-12,18,24,26,35,40H,13-16,34H2,1-4H3,(H,36,37,41)/t18-,24-,26+,29-/m0/s1. The van der Waals surface area contributed by atoms with Crippen molar-refractivity contribution in [1.29, 1.82) is 0 Å². The van der Waals surface area contributed by atoms with Crippen LogP contribution in [-0.2, 0) is 21.6 Å². The normalized spacial score (nSPS) is 21.6. The van der Waals surface area contributed by atoms with Gasteiger partial charge in [-0.25, -0.2) is 8.78 Å². The maximum absolute atomic E-state index is 15.4. The first-order valence-electron chi connectivity index (χ1n) is 13.4. The van der Waals surface area contributed by atoms with E-state index in [1.165, 1.54) is 24.3 Å². The third-order valence-corrected chi connectivity index (χ3v) is 7.74. The van der Waals surface area contributed by atoms with Gasteiger partial charge in [0.15, 0.2) is 5.82 Å². The Morgan fingerprint density at radius 1 is 1.31 bits per heavy atom. The monoisotopic (exact) mass is 624 g/mol. The molecule has 3 aromatic rings. The van der Waals surface area contributed by atoms with Gasteiger partial charge in [0.2, 0.25) is 5.91 Å². The average molecular weight is 626 g/mol. The van der Waals surface area contributed by atoms with Crippen LogP contribution in [-0.4, -0.2) is 77.2 Å². The second-order valence-electron chi connectivity index (χ2n) is 11.5. The zero-order valence-corrected chi connectivity index (χ0v) is 25.4. The number of hydrogen-bond donors (Lipinski definition) is 4. The highest BCUT2D eigenvalue weighted by molar-refractivity contribution is 6.31. The molecule has 1 aliphatic heterocycles. The topological polar surface area (TPSA) is 118 Å². The van der Waals surface area contributed by atoms with E-state index in [0.29, 0.717) is 13.1 Å². The molecular weight excluding hydrogens is 589 g/mol. The molecule has 42 heavy (non-hydrogen) atoms. The third-order valence-electron chi connectivity index (χ3n) is 7.21. The number of benzene rings is 2. The number of aromatic nitrogens is 2. The number of carbonyl (C=O) groups excluding carboxylic acids is 1. The van der Waals surface area contributed by atoms with E-state index < -0.39 is 46.7 Å². The molecule has 0 saturated carbocycles. The van der Waals surface area contributed by atoms with Gasteiger partial charge in [-0.05, 0) is 51.7 Å². The van der Waals surface area contributed by atoms with Gasteiger partial charge in [-0.2, -0.15) is 5.10 Å². The first-order chi connectivity index (χ1) is 19.7. The molecule has 1 fully saturated rings. The molecule has 5 N–H and O–H groups in total. The molecule has 228 valence electrons. The first-order valence-corrected chi connectivity index (χ1v) is 14.2. The summed E-state index contributed by atoms with van der Waals surface area (Å²) in [5.74, 6) is -2.72. The number of nitrogens with zero attached hydrogens (tertiary/aromatic N) is 3. The summed E-state index contributed by atoms with van der Waals surface area (Å²) in [7, 11) is 3.73. The summed E-state index contributed by atoms with van der Waals surface area (Å²) >= 11 is 12.1. The van der Waals surface area contributed by atoms with Crippen molar-refractivity contribution in [3.8, 4) is 0 Å². The van der Waals surface area contributed by atoms with Crippen molar-refractivity contribution in [3.63, 3.8) is 0 Å². The van der Waals surface area contributed by atoms with Crippen LogP contribution in [0.2, 0.25) is 10.0 Å². The van der Waals surface area contributed by atoms with Crippen LogP contribution in [0.5, 0.6) is 0 Å². The predicted molar refractivity (Wildman–Crippen MR) is 159 cm³/mol. The molecule has 0 radical (unpaired) electrons. The van der Waals surface area contributed by atoms with Crippen molar-refractivity contribution in [3.05, 3.63) is 81.5 Å². The Balaban J connectivity index is 1.54. The van der Waals surface area contributed by atoms with Gasteiger partial charge in [-0.3, -0.25) is 9.48 Å². The van der Waals surface area contributed by atoms with Gasteiger partial charge in [-0.1, -0.05) is 41.4 Å². The summed E-state index contributed by atoms with van der Waals surface area (Å²) in [4.78, 5) is 15.5. The molecule has 1 amide bonds. The van der Waals surface area contributed by atoms with Gasteiger partial charge in [0, 0.05) is 41.9 Å². The van der Waals surface area contributed by atoms with Crippen LogP contribution in [0.3, 0.4) is 0 Å². The Kier molecular flexibility index (Phi) is 9.93. The number of halogens is 4. The Morgan fingerprint density at radius 2 is 2.05 bits per heavy atom.